The topological polar surface area (TPSA) is 105 Å². The van der Waals surface area contributed by atoms with Gasteiger partial charge in [-0.15, -0.1) is 0 Å². The van der Waals surface area contributed by atoms with Crippen LogP contribution in [-0.4, -0.2) is 26.3 Å². The Kier molecular flexibility index (Phi) is 4.84. The summed E-state index contributed by atoms with van der Waals surface area (Å²) in [6.45, 7) is 0. The normalized spacial score (nSPS) is 34.3. The van der Waals surface area contributed by atoms with E-state index in [0.717, 1.165) is 44.9 Å². The lowest BCUT2D eigenvalue weighted by Gasteiger charge is -2.37. The van der Waals surface area contributed by atoms with Crippen LogP contribution in [0.3, 0.4) is 0 Å². The summed E-state index contributed by atoms with van der Waals surface area (Å²) in [4.78, 5) is 0. The molecule has 0 spiro atoms. The molecule has 2 aliphatic rings. The maximum Gasteiger partial charge on any atom is 0.401 e. The Labute approximate surface area is 115 Å². The standard InChI is InChI=1S/C12H24N2O4S/c13-11-8-4-5-9-12(11,14)18-19(15,16)17-10-6-2-1-3-7-10/h10-11H,1-9,13-14H2. The van der Waals surface area contributed by atoms with Gasteiger partial charge in [-0.3, -0.25) is 0 Å². The van der Waals surface area contributed by atoms with Gasteiger partial charge in [0.05, 0.1) is 6.10 Å². The van der Waals surface area contributed by atoms with E-state index in [4.69, 9.17) is 19.8 Å². The van der Waals surface area contributed by atoms with Gasteiger partial charge >= 0.3 is 10.4 Å². The molecule has 2 rings (SSSR count). The fourth-order valence-electron chi connectivity index (χ4n) is 2.84. The molecule has 0 heterocycles. The number of rotatable bonds is 4. The zero-order valence-electron chi connectivity index (χ0n) is 11.2. The number of nitrogens with two attached hydrogens (primary N) is 2. The van der Waals surface area contributed by atoms with E-state index in [9.17, 15) is 8.42 Å². The van der Waals surface area contributed by atoms with Crippen molar-refractivity contribution >= 4 is 10.4 Å². The second-order valence-electron chi connectivity index (χ2n) is 5.66. The minimum absolute atomic E-state index is 0.276. The first-order chi connectivity index (χ1) is 8.91. The third-order valence-electron chi connectivity index (χ3n) is 4.02. The summed E-state index contributed by atoms with van der Waals surface area (Å²) in [7, 11) is -4.08. The summed E-state index contributed by atoms with van der Waals surface area (Å²) in [5.41, 5.74) is 10.6. The Balaban J connectivity index is 1.95. The zero-order chi connectivity index (χ0) is 13.9. The van der Waals surface area contributed by atoms with Gasteiger partial charge in [0.25, 0.3) is 0 Å². The maximum absolute atomic E-state index is 11.9. The lowest BCUT2D eigenvalue weighted by Crippen LogP contribution is -2.59. The highest BCUT2D eigenvalue weighted by Gasteiger charge is 2.41. The zero-order valence-corrected chi connectivity index (χ0v) is 12.0. The first-order valence-corrected chi connectivity index (χ1v) is 8.43. The maximum atomic E-state index is 11.9. The van der Waals surface area contributed by atoms with E-state index in [1.807, 2.05) is 0 Å². The minimum atomic E-state index is -4.08. The molecule has 2 saturated carbocycles. The lowest BCUT2D eigenvalue weighted by molar-refractivity contribution is -0.00131. The van der Waals surface area contributed by atoms with Crippen LogP contribution in [0.25, 0.3) is 0 Å². The molecule has 0 radical (unpaired) electrons. The molecule has 2 atom stereocenters. The van der Waals surface area contributed by atoms with Gasteiger partial charge in [0, 0.05) is 6.04 Å². The van der Waals surface area contributed by atoms with Crippen molar-refractivity contribution in [1.82, 2.24) is 0 Å². The van der Waals surface area contributed by atoms with E-state index in [1.165, 1.54) is 0 Å². The SMILES string of the molecule is NC1CCCCC1(N)OS(=O)(=O)OC1CCCCC1. The molecule has 0 aromatic heterocycles. The first-order valence-electron chi connectivity index (χ1n) is 7.10. The molecule has 6 nitrogen and oxygen atoms in total. The van der Waals surface area contributed by atoms with Crippen molar-refractivity contribution in [3.8, 4) is 0 Å². The van der Waals surface area contributed by atoms with Gasteiger partial charge < -0.3 is 11.5 Å². The van der Waals surface area contributed by atoms with Crippen LogP contribution in [0, 0.1) is 0 Å². The van der Waals surface area contributed by atoms with E-state index < -0.39 is 22.2 Å². The van der Waals surface area contributed by atoms with E-state index in [1.54, 1.807) is 0 Å². The van der Waals surface area contributed by atoms with Crippen LogP contribution in [0.5, 0.6) is 0 Å². The monoisotopic (exact) mass is 292 g/mol. The molecule has 19 heavy (non-hydrogen) atoms. The molecule has 0 aromatic carbocycles. The van der Waals surface area contributed by atoms with Gasteiger partial charge in [-0.25, -0.2) is 8.37 Å². The number of hydrogen-bond donors (Lipinski definition) is 2. The van der Waals surface area contributed by atoms with Gasteiger partial charge in [0.1, 0.15) is 0 Å². The van der Waals surface area contributed by atoms with Crippen LogP contribution in [0.2, 0.25) is 0 Å². The van der Waals surface area contributed by atoms with Gasteiger partial charge in [-0.1, -0.05) is 25.7 Å². The Morgan fingerprint density at radius 3 is 2.26 bits per heavy atom. The summed E-state index contributed by atoms with van der Waals surface area (Å²) < 4.78 is 34.1. The third-order valence-corrected chi connectivity index (χ3v) is 5.05. The molecule has 2 aliphatic carbocycles. The van der Waals surface area contributed by atoms with Crippen molar-refractivity contribution in [3.05, 3.63) is 0 Å². The summed E-state index contributed by atoms with van der Waals surface area (Å²) >= 11 is 0. The van der Waals surface area contributed by atoms with Crippen molar-refractivity contribution in [2.75, 3.05) is 0 Å². The van der Waals surface area contributed by atoms with Crippen molar-refractivity contribution < 1.29 is 16.8 Å². The molecule has 7 heteroatoms. The minimum Gasteiger partial charge on any atom is -0.324 e. The highest BCUT2D eigenvalue weighted by Crippen LogP contribution is 2.29. The molecule has 0 aromatic rings. The molecule has 2 unspecified atom stereocenters. The smallest absolute Gasteiger partial charge is 0.324 e. The van der Waals surface area contributed by atoms with E-state index in [-0.39, 0.29) is 6.10 Å². The van der Waals surface area contributed by atoms with Crippen molar-refractivity contribution in [2.24, 2.45) is 11.5 Å². The van der Waals surface area contributed by atoms with Crippen molar-refractivity contribution in [3.63, 3.8) is 0 Å². The van der Waals surface area contributed by atoms with Gasteiger partial charge in [-0.2, -0.15) is 8.42 Å². The molecule has 112 valence electrons. The molecule has 0 amide bonds. The van der Waals surface area contributed by atoms with Crippen LogP contribution in [0.1, 0.15) is 57.8 Å². The van der Waals surface area contributed by atoms with Gasteiger partial charge in [-0.05, 0) is 32.1 Å². The fraction of sp³-hybridized carbons (Fsp3) is 1.00. The molecule has 0 saturated heterocycles. The first kappa shape index (κ1) is 15.2. The molecule has 4 N–H and O–H groups in total. The van der Waals surface area contributed by atoms with Crippen LogP contribution < -0.4 is 11.5 Å². The Morgan fingerprint density at radius 2 is 1.63 bits per heavy atom. The molecule has 0 aliphatic heterocycles. The largest absolute Gasteiger partial charge is 0.401 e. The molecule has 2 fully saturated rings. The molecule has 0 bridgehead atoms. The van der Waals surface area contributed by atoms with Crippen LogP contribution in [0.15, 0.2) is 0 Å². The molecular formula is C12H24N2O4S. The third kappa shape index (κ3) is 4.13. The Hall–Kier alpha value is -0.210. The van der Waals surface area contributed by atoms with Crippen LogP contribution in [0.4, 0.5) is 0 Å². The second-order valence-corrected chi connectivity index (χ2v) is 6.83. The van der Waals surface area contributed by atoms with E-state index >= 15 is 0 Å². The second kappa shape index (κ2) is 6.05. The average molecular weight is 292 g/mol. The van der Waals surface area contributed by atoms with E-state index in [2.05, 4.69) is 0 Å². The van der Waals surface area contributed by atoms with E-state index in [0.29, 0.717) is 12.8 Å². The predicted molar refractivity (Wildman–Crippen MR) is 71.3 cm³/mol. The molecular weight excluding hydrogens is 268 g/mol. The summed E-state index contributed by atoms with van der Waals surface area (Å²) in [6.07, 6.45) is 7.25. The van der Waals surface area contributed by atoms with Crippen molar-refractivity contribution in [1.29, 1.82) is 0 Å². The average Bonchev–Trinajstić information content (AvgIpc) is 2.33. The Bertz CT molecular complexity index is 395. The number of hydrogen-bond acceptors (Lipinski definition) is 6. The van der Waals surface area contributed by atoms with Gasteiger partial charge in [0.15, 0.2) is 5.72 Å². The summed E-state index contributed by atoms with van der Waals surface area (Å²) in [5, 5.41) is 0. The summed E-state index contributed by atoms with van der Waals surface area (Å²) in [5.74, 6) is 0. The Morgan fingerprint density at radius 1 is 1.00 bits per heavy atom. The summed E-state index contributed by atoms with van der Waals surface area (Å²) in [6, 6.07) is -0.467. The van der Waals surface area contributed by atoms with Crippen LogP contribution >= 0.6 is 0 Å². The quantitative estimate of drug-likeness (QED) is 0.753. The fourth-order valence-corrected chi connectivity index (χ4v) is 3.99. The van der Waals surface area contributed by atoms with Crippen molar-refractivity contribution in [2.45, 2.75) is 75.7 Å². The lowest BCUT2D eigenvalue weighted by atomic mass is 9.88. The predicted octanol–water partition coefficient (Wildman–Crippen LogP) is 1.15. The highest BCUT2D eigenvalue weighted by atomic mass is 32.3. The van der Waals surface area contributed by atoms with Gasteiger partial charge in [0.2, 0.25) is 0 Å². The van der Waals surface area contributed by atoms with Crippen LogP contribution in [-0.2, 0) is 18.8 Å². The highest BCUT2D eigenvalue weighted by molar-refractivity contribution is 7.81.